The largest absolute Gasteiger partial charge is 0.363 e. The zero-order chi connectivity index (χ0) is 14.8. The lowest BCUT2D eigenvalue weighted by Gasteiger charge is -2.27. The predicted molar refractivity (Wildman–Crippen MR) is 81.5 cm³/mol. The van der Waals surface area contributed by atoms with Gasteiger partial charge in [0.2, 0.25) is 0 Å². The highest BCUT2D eigenvalue weighted by atomic mass is 32.1. The van der Waals surface area contributed by atoms with Gasteiger partial charge in [-0.05, 0) is 41.3 Å². The minimum atomic E-state index is -0.467. The van der Waals surface area contributed by atoms with E-state index < -0.39 is 4.92 Å². The molecule has 21 heavy (non-hydrogen) atoms. The number of nitro groups is 1. The summed E-state index contributed by atoms with van der Waals surface area (Å²) in [4.78, 5) is 12.6. The minimum Gasteiger partial charge on any atom is -0.363 e. The summed E-state index contributed by atoms with van der Waals surface area (Å²) in [5.41, 5.74) is 2.37. The van der Waals surface area contributed by atoms with E-state index in [9.17, 15) is 15.4 Å². The molecule has 0 amide bonds. The van der Waals surface area contributed by atoms with Gasteiger partial charge in [-0.25, -0.2) is 0 Å². The summed E-state index contributed by atoms with van der Waals surface area (Å²) in [6.45, 7) is 0.868. The zero-order valence-corrected chi connectivity index (χ0v) is 12.0. The Morgan fingerprint density at radius 2 is 2.29 bits per heavy atom. The second-order valence-electron chi connectivity index (χ2n) is 4.98. The van der Waals surface area contributed by atoms with Crippen LogP contribution in [0.1, 0.15) is 30.0 Å². The summed E-state index contributed by atoms with van der Waals surface area (Å²) < 4.78 is 0. The molecular formula is C15H13N3O2S. The first-order chi connectivity index (χ1) is 10.2. The van der Waals surface area contributed by atoms with Crippen molar-refractivity contribution in [3.8, 4) is 6.07 Å². The van der Waals surface area contributed by atoms with Gasteiger partial charge in [0, 0.05) is 18.7 Å². The standard InChI is InChI=1S/C15H13N3O2S/c16-9-12-8-13(18(19)20)3-4-15(12)17-6-1-2-14(17)11-5-7-21-10-11/h3-5,7-8,10,14H,1-2,6H2/t14-/m0/s1. The number of hydrogen-bond acceptors (Lipinski definition) is 5. The van der Waals surface area contributed by atoms with E-state index in [2.05, 4.69) is 22.4 Å². The lowest BCUT2D eigenvalue weighted by Crippen LogP contribution is -2.23. The Balaban J connectivity index is 2.00. The van der Waals surface area contributed by atoms with E-state index in [0.717, 1.165) is 25.1 Å². The summed E-state index contributed by atoms with van der Waals surface area (Å²) in [6.07, 6.45) is 2.10. The summed E-state index contributed by atoms with van der Waals surface area (Å²) in [6, 6.07) is 8.97. The number of hydrogen-bond donors (Lipinski definition) is 0. The summed E-state index contributed by atoms with van der Waals surface area (Å²) in [7, 11) is 0. The molecule has 1 saturated heterocycles. The molecule has 6 heteroatoms. The third kappa shape index (κ3) is 2.48. The normalized spacial score (nSPS) is 17.7. The van der Waals surface area contributed by atoms with E-state index in [0.29, 0.717) is 5.56 Å². The van der Waals surface area contributed by atoms with E-state index in [4.69, 9.17) is 0 Å². The molecule has 0 aliphatic carbocycles. The van der Waals surface area contributed by atoms with E-state index in [-0.39, 0.29) is 11.7 Å². The Morgan fingerprint density at radius 3 is 2.95 bits per heavy atom. The van der Waals surface area contributed by atoms with Crippen molar-refractivity contribution in [3.63, 3.8) is 0 Å². The van der Waals surface area contributed by atoms with Gasteiger partial charge >= 0.3 is 0 Å². The van der Waals surface area contributed by atoms with Gasteiger partial charge < -0.3 is 4.90 Å². The Kier molecular flexibility index (Phi) is 3.59. The average molecular weight is 299 g/mol. The molecule has 0 spiro atoms. The van der Waals surface area contributed by atoms with Crippen LogP contribution >= 0.6 is 11.3 Å². The molecule has 0 saturated carbocycles. The molecule has 0 unspecified atom stereocenters. The fourth-order valence-electron chi connectivity index (χ4n) is 2.84. The Morgan fingerprint density at radius 1 is 1.43 bits per heavy atom. The molecule has 1 aliphatic rings. The highest BCUT2D eigenvalue weighted by Gasteiger charge is 2.28. The molecule has 1 aliphatic heterocycles. The summed E-state index contributed by atoms with van der Waals surface area (Å²) >= 11 is 1.66. The van der Waals surface area contributed by atoms with E-state index in [1.165, 1.54) is 17.7 Å². The SMILES string of the molecule is N#Cc1cc([N+](=O)[O-])ccc1N1CCC[C@H]1c1ccsc1. The average Bonchev–Trinajstić information content (AvgIpc) is 3.16. The Hall–Kier alpha value is -2.39. The van der Waals surface area contributed by atoms with E-state index >= 15 is 0 Å². The van der Waals surface area contributed by atoms with E-state index in [1.54, 1.807) is 17.4 Å². The van der Waals surface area contributed by atoms with Crippen LogP contribution in [0.3, 0.4) is 0 Å². The van der Waals surface area contributed by atoms with Crippen molar-refractivity contribution in [1.82, 2.24) is 0 Å². The van der Waals surface area contributed by atoms with Crippen molar-refractivity contribution in [1.29, 1.82) is 5.26 Å². The van der Waals surface area contributed by atoms with Crippen molar-refractivity contribution in [2.24, 2.45) is 0 Å². The van der Waals surface area contributed by atoms with Crippen LogP contribution in [0.4, 0.5) is 11.4 Å². The van der Waals surface area contributed by atoms with Crippen LogP contribution in [0.15, 0.2) is 35.0 Å². The maximum absolute atomic E-state index is 10.8. The van der Waals surface area contributed by atoms with Gasteiger partial charge in [-0.15, -0.1) is 0 Å². The van der Waals surface area contributed by atoms with Gasteiger partial charge in [-0.1, -0.05) is 0 Å². The molecule has 106 valence electrons. The molecule has 1 aromatic carbocycles. The topological polar surface area (TPSA) is 70.2 Å². The quantitative estimate of drug-likeness (QED) is 0.637. The molecule has 1 atom stereocenters. The lowest BCUT2D eigenvalue weighted by molar-refractivity contribution is -0.384. The molecule has 5 nitrogen and oxygen atoms in total. The van der Waals surface area contributed by atoms with Crippen molar-refractivity contribution >= 4 is 22.7 Å². The first-order valence-electron chi connectivity index (χ1n) is 6.68. The summed E-state index contributed by atoms with van der Waals surface area (Å²) in [5, 5.41) is 24.3. The zero-order valence-electron chi connectivity index (χ0n) is 11.2. The van der Waals surface area contributed by atoms with Gasteiger partial charge in [0.05, 0.1) is 22.2 Å². The molecule has 0 bridgehead atoms. The first kappa shape index (κ1) is 13.6. The molecule has 2 aromatic rings. The first-order valence-corrected chi connectivity index (χ1v) is 7.62. The second kappa shape index (κ2) is 5.54. The van der Waals surface area contributed by atoms with Crippen LogP contribution < -0.4 is 4.90 Å². The molecule has 3 rings (SSSR count). The number of nitriles is 1. The van der Waals surface area contributed by atoms with Gasteiger partial charge in [0.25, 0.3) is 5.69 Å². The molecule has 0 radical (unpaired) electrons. The molecule has 2 heterocycles. The Bertz CT molecular complexity index is 706. The van der Waals surface area contributed by atoms with Gasteiger partial charge in [-0.3, -0.25) is 10.1 Å². The summed E-state index contributed by atoms with van der Waals surface area (Å²) in [5.74, 6) is 0. The van der Waals surface area contributed by atoms with Crippen LogP contribution in [0, 0.1) is 21.4 Å². The smallest absolute Gasteiger partial charge is 0.270 e. The number of benzene rings is 1. The third-order valence-corrected chi connectivity index (χ3v) is 4.50. The van der Waals surface area contributed by atoms with Gasteiger partial charge in [0.1, 0.15) is 6.07 Å². The highest BCUT2D eigenvalue weighted by Crippen LogP contribution is 2.39. The number of anilines is 1. The maximum Gasteiger partial charge on any atom is 0.270 e. The monoisotopic (exact) mass is 299 g/mol. The van der Waals surface area contributed by atoms with Crippen LogP contribution in [0.5, 0.6) is 0 Å². The maximum atomic E-state index is 10.8. The molecule has 1 aromatic heterocycles. The van der Waals surface area contributed by atoms with Crippen molar-refractivity contribution in [2.75, 3.05) is 11.4 Å². The molecule has 0 N–H and O–H groups in total. The van der Waals surface area contributed by atoms with Crippen LogP contribution in [0.2, 0.25) is 0 Å². The van der Waals surface area contributed by atoms with E-state index in [1.807, 2.05) is 5.38 Å². The predicted octanol–water partition coefficient (Wildman–Crippen LogP) is 3.87. The fourth-order valence-corrected chi connectivity index (χ4v) is 3.55. The second-order valence-corrected chi connectivity index (χ2v) is 5.76. The van der Waals surface area contributed by atoms with Crippen LogP contribution in [-0.4, -0.2) is 11.5 Å². The van der Waals surface area contributed by atoms with Crippen LogP contribution in [-0.2, 0) is 0 Å². The van der Waals surface area contributed by atoms with Gasteiger partial charge in [0.15, 0.2) is 0 Å². The fraction of sp³-hybridized carbons (Fsp3) is 0.267. The number of thiophene rings is 1. The van der Waals surface area contributed by atoms with Gasteiger partial charge in [-0.2, -0.15) is 16.6 Å². The van der Waals surface area contributed by atoms with Crippen molar-refractivity contribution in [3.05, 3.63) is 56.3 Å². The number of rotatable bonds is 3. The minimum absolute atomic E-state index is 0.0402. The number of nitrogens with zero attached hydrogens (tertiary/aromatic N) is 3. The molecular weight excluding hydrogens is 286 g/mol. The highest BCUT2D eigenvalue weighted by molar-refractivity contribution is 7.08. The van der Waals surface area contributed by atoms with Crippen molar-refractivity contribution in [2.45, 2.75) is 18.9 Å². The third-order valence-electron chi connectivity index (χ3n) is 3.80. The molecule has 1 fully saturated rings. The van der Waals surface area contributed by atoms with Crippen molar-refractivity contribution < 1.29 is 4.92 Å². The Labute approximate surface area is 126 Å². The van der Waals surface area contributed by atoms with Crippen LogP contribution in [0.25, 0.3) is 0 Å². The lowest BCUT2D eigenvalue weighted by atomic mass is 10.1. The number of non-ortho nitro benzene ring substituents is 1. The number of nitro benzene ring substituents is 1.